The molecule has 10 rings (SSSR count). The van der Waals surface area contributed by atoms with Crippen molar-refractivity contribution in [2.75, 3.05) is 14.2 Å². The van der Waals surface area contributed by atoms with Gasteiger partial charge in [-0.2, -0.15) is 0 Å². The number of hydrogen-bond acceptors (Lipinski definition) is 17. The Balaban J connectivity index is 0.000000180. The van der Waals surface area contributed by atoms with Crippen molar-refractivity contribution in [1.82, 2.24) is 0 Å². The van der Waals surface area contributed by atoms with Crippen molar-refractivity contribution >= 4 is 21.9 Å². The summed E-state index contributed by atoms with van der Waals surface area (Å²) in [5.74, 6) is 1.19. The standard InChI is InChI=1S/C32H34O8.C23H18O4.C9H18O5/c1-5-32(3)30(36-4)26(34)27(35)31(40-32)38-23-17-16-22-24(18-25(33)39-28(22)19(23)2)37-29(20-12-8-6-9-13-20)21-14-10-7-11-15-21;1-15-19(24)13-12-18-20(14-21(25)27-22(15)18)26-23(16-8-4-2-5-9-16)17-10-6-3-7-11-17;1-4-9(2)7(13-3)5(10)6(11)8(12)14-9/h6-18,26-27,29-31,34-35H,5H2,1-4H3;2-14,23-24H,1H3;5-8,10-12H,4H2,1-3H3/t26?,27?,30?,31?,32-;;5?,6?,7?,8?,9-/m0.0/s1. The average Bonchev–Trinajstić information content (AvgIpc) is 3.49. The Kier molecular flexibility index (Phi) is 19.2. The molecule has 2 aliphatic heterocycles. The van der Waals surface area contributed by atoms with Crippen LogP contribution in [0.1, 0.15) is 86.1 Å². The number of fused-ring (bicyclic) bond motifs is 2. The Hall–Kier alpha value is -7.42. The molecule has 0 aliphatic carbocycles. The molecular weight excluding hydrogens is 1040 g/mol. The molecule has 2 aliphatic rings. The highest BCUT2D eigenvalue weighted by molar-refractivity contribution is 5.88. The molecule has 8 unspecified atom stereocenters. The number of hydrogen-bond donors (Lipinski definition) is 6. The molecule has 2 fully saturated rings. The van der Waals surface area contributed by atoms with E-state index in [1.807, 2.05) is 135 Å². The van der Waals surface area contributed by atoms with E-state index >= 15 is 0 Å². The van der Waals surface area contributed by atoms with Crippen LogP contribution in [0.3, 0.4) is 0 Å². The van der Waals surface area contributed by atoms with E-state index in [0.717, 1.165) is 22.3 Å². The molecule has 0 saturated carbocycles. The molecule has 0 bridgehead atoms. The van der Waals surface area contributed by atoms with Crippen molar-refractivity contribution in [2.24, 2.45) is 0 Å². The highest BCUT2D eigenvalue weighted by Gasteiger charge is 2.52. The summed E-state index contributed by atoms with van der Waals surface area (Å²) < 4.78 is 51.7. The van der Waals surface area contributed by atoms with E-state index in [2.05, 4.69) is 0 Å². The number of aromatic hydroxyl groups is 1. The molecule has 0 amide bonds. The van der Waals surface area contributed by atoms with E-state index in [4.69, 9.17) is 42.0 Å². The number of phenols is 1. The molecule has 2 aromatic heterocycles. The van der Waals surface area contributed by atoms with Gasteiger partial charge in [0.05, 0.1) is 34.1 Å². The van der Waals surface area contributed by atoms with Crippen LogP contribution in [0.15, 0.2) is 176 Å². The molecule has 8 aromatic rings. The summed E-state index contributed by atoms with van der Waals surface area (Å²) in [5, 5.41) is 61.0. The summed E-state index contributed by atoms with van der Waals surface area (Å²) in [6.45, 7) is 10.8. The highest BCUT2D eigenvalue weighted by atomic mass is 16.7. The molecule has 6 N–H and O–H groups in total. The third-order valence-corrected chi connectivity index (χ3v) is 15.1. The third kappa shape index (κ3) is 13.0. The van der Waals surface area contributed by atoms with Crippen LogP contribution in [-0.4, -0.2) is 105 Å². The van der Waals surface area contributed by atoms with E-state index in [0.29, 0.717) is 63.2 Å². The third-order valence-electron chi connectivity index (χ3n) is 15.1. The zero-order chi connectivity index (χ0) is 58.2. The summed E-state index contributed by atoms with van der Waals surface area (Å²) in [5.41, 5.74) is 2.70. The zero-order valence-corrected chi connectivity index (χ0v) is 46.4. The van der Waals surface area contributed by atoms with Gasteiger partial charge in [-0.1, -0.05) is 135 Å². The second kappa shape index (κ2) is 26.0. The van der Waals surface area contributed by atoms with Crippen molar-refractivity contribution in [3.63, 3.8) is 0 Å². The smallest absolute Gasteiger partial charge is 0.339 e. The minimum absolute atomic E-state index is 0.0745. The molecule has 4 heterocycles. The van der Waals surface area contributed by atoms with Gasteiger partial charge in [0.1, 0.15) is 83.0 Å². The van der Waals surface area contributed by atoms with Gasteiger partial charge in [0.15, 0.2) is 6.29 Å². The van der Waals surface area contributed by atoms with E-state index in [9.17, 15) is 40.2 Å². The monoisotopic (exact) mass is 1110 g/mol. The summed E-state index contributed by atoms with van der Waals surface area (Å²) in [7, 11) is 2.91. The molecule has 0 spiro atoms. The lowest BCUT2D eigenvalue weighted by Gasteiger charge is -2.47. The summed E-state index contributed by atoms with van der Waals surface area (Å²) in [6.07, 6.45) is -8.68. The van der Waals surface area contributed by atoms with Crippen LogP contribution in [0.4, 0.5) is 0 Å². The molecule has 17 heteroatoms. The first-order valence-electron chi connectivity index (χ1n) is 26.7. The van der Waals surface area contributed by atoms with Crippen LogP contribution in [0.2, 0.25) is 0 Å². The van der Waals surface area contributed by atoms with Gasteiger partial charge in [-0.15, -0.1) is 0 Å². The molecule has 10 atom stereocenters. The van der Waals surface area contributed by atoms with Crippen LogP contribution < -0.4 is 25.5 Å². The Morgan fingerprint density at radius 3 is 1.28 bits per heavy atom. The molecule has 6 aromatic carbocycles. The largest absolute Gasteiger partial charge is 0.508 e. The van der Waals surface area contributed by atoms with Crippen LogP contribution in [0, 0.1) is 13.8 Å². The average molecular weight is 1110 g/mol. The molecule has 2 saturated heterocycles. The van der Waals surface area contributed by atoms with Gasteiger partial charge in [0.2, 0.25) is 6.29 Å². The quantitative estimate of drug-likeness (QED) is 0.0556. The maximum Gasteiger partial charge on any atom is 0.339 e. The van der Waals surface area contributed by atoms with Crippen molar-refractivity contribution < 1.29 is 72.6 Å². The fourth-order valence-corrected chi connectivity index (χ4v) is 10.2. The first-order valence-corrected chi connectivity index (χ1v) is 26.7. The van der Waals surface area contributed by atoms with E-state index in [1.54, 1.807) is 52.0 Å². The molecule has 81 heavy (non-hydrogen) atoms. The maximum atomic E-state index is 12.7. The Labute approximate surface area is 469 Å². The van der Waals surface area contributed by atoms with Gasteiger partial charge < -0.3 is 72.6 Å². The molecule has 428 valence electrons. The van der Waals surface area contributed by atoms with Crippen LogP contribution >= 0.6 is 0 Å². The summed E-state index contributed by atoms with van der Waals surface area (Å²) in [4.78, 5) is 24.8. The van der Waals surface area contributed by atoms with Gasteiger partial charge in [-0.05, 0) is 87.1 Å². The van der Waals surface area contributed by atoms with E-state index < -0.39 is 77.8 Å². The predicted molar refractivity (Wildman–Crippen MR) is 302 cm³/mol. The van der Waals surface area contributed by atoms with Crippen LogP contribution in [0.25, 0.3) is 21.9 Å². The van der Waals surface area contributed by atoms with Crippen molar-refractivity contribution in [3.8, 4) is 23.0 Å². The molecule has 0 radical (unpaired) electrons. The topological polar surface area (TPSA) is 246 Å². The first-order chi connectivity index (χ1) is 38.8. The van der Waals surface area contributed by atoms with Crippen molar-refractivity contribution in [1.29, 1.82) is 0 Å². The number of benzene rings is 6. The SMILES string of the molecule is CC[C@]1(C)OC(O)C(O)C(O)C1OC.CC[C@]1(C)OC(Oc2ccc3c(OC(c4ccccc4)c4ccccc4)cc(=O)oc3c2C)C(O)C(O)C1OC.Cc1c(O)ccc2c(OC(c3ccccc3)c3ccccc3)cc(=O)oc12. The number of methoxy groups -OCH3 is 2. The van der Waals surface area contributed by atoms with E-state index in [-0.39, 0.29) is 11.9 Å². The van der Waals surface area contributed by atoms with Gasteiger partial charge in [0.25, 0.3) is 0 Å². The lowest BCUT2D eigenvalue weighted by molar-refractivity contribution is -0.319. The molecular formula is C64H70O17. The number of aliphatic hydroxyl groups is 5. The lowest BCUT2D eigenvalue weighted by atomic mass is 9.86. The Morgan fingerprint density at radius 1 is 0.494 bits per heavy atom. The number of phenolic OH excluding ortho intramolecular Hbond substituents is 1. The number of aliphatic hydroxyl groups excluding tert-OH is 5. The number of aryl methyl sites for hydroxylation is 2. The minimum Gasteiger partial charge on any atom is -0.508 e. The van der Waals surface area contributed by atoms with Gasteiger partial charge in [0, 0.05) is 25.3 Å². The van der Waals surface area contributed by atoms with Crippen molar-refractivity contribution in [2.45, 2.75) is 127 Å². The first kappa shape index (κ1) is 59.7. The fourth-order valence-electron chi connectivity index (χ4n) is 10.2. The maximum absolute atomic E-state index is 12.7. The Morgan fingerprint density at radius 2 is 0.877 bits per heavy atom. The van der Waals surface area contributed by atoms with Gasteiger partial charge in [-0.25, -0.2) is 9.59 Å². The Bertz CT molecular complexity index is 3370. The van der Waals surface area contributed by atoms with Crippen LogP contribution in [0.5, 0.6) is 23.0 Å². The summed E-state index contributed by atoms with van der Waals surface area (Å²) >= 11 is 0. The zero-order valence-electron chi connectivity index (χ0n) is 46.4. The van der Waals surface area contributed by atoms with Gasteiger partial charge in [-0.3, -0.25) is 0 Å². The highest BCUT2D eigenvalue weighted by Crippen LogP contribution is 2.40. The summed E-state index contributed by atoms with van der Waals surface area (Å²) in [6, 6.07) is 48.6. The number of ether oxygens (including phenoxy) is 7. The number of rotatable bonds is 14. The lowest BCUT2D eigenvalue weighted by Crippen LogP contribution is -2.64. The van der Waals surface area contributed by atoms with Crippen LogP contribution in [-0.2, 0) is 18.9 Å². The normalized spacial score (nSPS) is 24.4. The van der Waals surface area contributed by atoms with Crippen molar-refractivity contribution in [3.05, 3.63) is 212 Å². The second-order valence-corrected chi connectivity index (χ2v) is 20.4. The molecule has 17 nitrogen and oxygen atoms in total. The minimum atomic E-state index is -1.36. The second-order valence-electron chi connectivity index (χ2n) is 20.4. The fraction of sp³-hybridized carbons (Fsp3) is 0.344. The van der Waals surface area contributed by atoms with E-state index in [1.165, 1.54) is 26.4 Å². The predicted octanol–water partition coefficient (Wildman–Crippen LogP) is 9.13. The van der Waals surface area contributed by atoms with Gasteiger partial charge >= 0.3 is 11.3 Å².